The van der Waals surface area contributed by atoms with Crippen molar-refractivity contribution in [2.75, 3.05) is 6.61 Å². The van der Waals surface area contributed by atoms with E-state index in [2.05, 4.69) is 51.3 Å². The van der Waals surface area contributed by atoms with E-state index in [1.165, 1.54) is 0 Å². The third kappa shape index (κ3) is 3.97. The lowest BCUT2D eigenvalue weighted by Gasteiger charge is -2.32. The molecule has 31 heavy (non-hydrogen) atoms. The molecule has 1 aliphatic rings. The van der Waals surface area contributed by atoms with Crippen molar-refractivity contribution in [1.29, 1.82) is 0 Å². The van der Waals surface area contributed by atoms with Crippen LogP contribution in [0.5, 0.6) is 5.75 Å². The summed E-state index contributed by atoms with van der Waals surface area (Å²) in [7, 11) is -0.411. The number of aryl methyl sites for hydroxylation is 2. The van der Waals surface area contributed by atoms with Crippen LogP contribution in [-0.2, 0) is 15.9 Å². The van der Waals surface area contributed by atoms with Crippen LogP contribution < -0.4 is 10.2 Å². The molecule has 1 saturated heterocycles. The molecule has 2 aromatic carbocycles. The molecule has 1 fully saturated rings. The quantitative estimate of drug-likeness (QED) is 0.521. The van der Waals surface area contributed by atoms with Gasteiger partial charge in [0.15, 0.2) is 0 Å². The first kappa shape index (κ1) is 22.2. The van der Waals surface area contributed by atoms with E-state index in [1.54, 1.807) is 0 Å². The minimum Gasteiger partial charge on any atom is -0.494 e. The number of benzene rings is 2. The van der Waals surface area contributed by atoms with Crippen molar-refractivity contribution < 1.29 is 14.0 Å². The maximum atomic E-state index is 6.56. The van der Waals surface area contributed by atoms with Crippen LogP contribution in [0.2, 0.25) is 5.02 Å². The molecule has 0 unspecified atom stereocenters. The summed E-state index contributed by atoms with van der Waals surface area (Å²) >= 11 is 6.56. The lowest BCUT2D eigenvalue weighted by Crippen LogP contribution is -2.41. The first-order valence-electron chi connectivity index (χ1n) is 10.8. The minimum atomic E-state index is -0.411. The number of nitrogens with zero attached hydrogens (tertiary/aromatic N) is 2. The Morgan fingerprint density at radius 3 is 2.35 bits per heavy atom. The van der Waals surface area contributed by atoms with Crippen LogP contribution >= 0.6 is 11.6 Å². The summed E-state index contributed by atoms with van der Waals surface area (Å²) in [5.41, 5.74) is 4.39. The SMILES string of the molecule is CCOc1ccc(Cn2c(C)nc3c(C)cc(B4OC(C)(C)C(C)(C)O4)cc32)c(Cl)c1. The Hall–Kier alpha value is -2.02. The average molecular weight is 441 g/mol. The molecule has 1 aliphatic heterocycles. The summed E-state index contributed by atoms with van der Waals surface area (Å²) < 4.78 is 20.3. The number of aromatic nitrogens is 2. The molecular weight excluding hydrogens is 411 g/mol. The molecule has 0 bridgehead atoms. The van der Waals surface area contributed by atoms with E-state index in [-0.39, 0.29) is 11.2 Å². The third-order valence-corrected chi connectivity index (χ3v) is 6.80. The van der Waals surface area contributed by atoms with Crippen molar-refractivity contribution in [3.05, 3.63) is 52.3 Å². The second-order valence-electron chi connectivity index (χ2n) is 9.23. The second kappa shape index (κ2) is 7.84. The van der Waals surface area contributed by atoms with Gasteiger partial charge >= 0.3 is 7.12 Å². The lowest BCUT2D eigenvalue weighted by atomic mass is 9.78. The fraction of sp³-hybridized carbons (Fsp3) is 0.458. The molecule has 0 radical (unpaired) electrons. The van der Waals surface area contributed by atoms with Gasteiger partial charge in [-0.05, 0) is 83.3 Å². The fourth-order valence-corrected chi connectivity index (χ4v) is 4.16. The predicted molar refractivity (Wildman–Crippen MR) is 127 cm³/mol. The lowest BCUT2D eigenvalue weighted by molar-refractivity contribution is 0.00578. The molecule has 0 N–H and O–H groups in total. The highest BCUT2D eigenvalue weighted by Crippen LogP contribution is 2.37. The standard InChI is InChI=1S/C24H30BClN2O3/c1-8-29-19-10-9-17(20(26)13-19)14-28-16(3)27-22-15(2)11-18(12-21(22)28)25-30-23(4,5)24(6,7)31-25/h9-13H,8,14H2,1-7H3. The van der Waals surface area contributed by atoms with Gasteiger partial charge in [0.05, 0.1) is 35.4 Å². The maximum absolute atomic E-state index is 6.56. The summed E-state index contributed by atoms with van der Waals surface area (Å²) in [4.78, 5) is 4.82. The molecule has 3 aromatic rings. The van der Waals surface area contributed by atoms with Gasteiger partial charge in [0.25, 0.3) is 0 Å². The van der Waals surface area contributed by atoms with Gasteiger partial charge in [0, 0.05) is 5.02 Å². The topological polar surface area (TPSA) is 45.5 Å². The van der Waals surface area contributed by atoms with Gasteiger partial charge in [-0.2, -0.15) is 0 Å². The Kier molecular flexibility index (Phi) is 5.61. The molecule has 1 aromatic heterocycles. The van der Waals surface area contributed by atoms with Gasteiger partial charge < -0.3 is 18.6 Å². The largest absolute Gasteiger partial charge is 0.494 e. The highest BCUT2D eigenvalue weighted by molar-refractivity contribution is 6.62. The first-order chi connectivity index (χ1) is 14.5. The summed E-state index contributed by atoms with van der Waals surface area (Å²) in [6.07, 6.45) is 0. The van der Waals surface area contributed by atoms with E-state index in [4.69, 9.17) is 30.6 Å². The highest BCUT2D eigenvalue weighted by atomic mass is 35.5. The summed E-state index contributed by atoms with van der Waals surface area (Å²) in [6.45, 7) is 15.6. The van der Waals surface area contributed by atoms with Crippen LogP contribution in [0.15, 0.2) is 30.3 Å². The van der Waals surface area contributed by atoms with E-state index in [0.717, 1.165) is 39.2 Å². The number of rotatable bonds is 5. The number of fused-ring (bicyclic) bond motifs is 1. The van der Waals surface area contributed by atoms with Crippen molar-refractivity contribution in [2.45, 2.75) is 66.2 Å². The Balaban J connectivity index is 1.73. The second-order valence-corrected chi connectivity index (χ2v) is 9.63. The smallest absolute Gasteiger partial charge is 0.494 e. The Morgan fingerprint density at radius 2 is 1.74 bits per heavy atom. The minimum absolute atomic E-state index is 0.382. The summed E-state index contributed by atoms with van der Waals surface area (Å²) in [5.74, 6) is 1.72. The number of ether oxygens (including phenoxy) is 1. The summed E-state index contributed by atoms with van der Waals surface area (Å²) in [5, 5.41) is 0.686. The molecule has 0 saturated carbocycles. The number of hydrogen-bond donors (Lipinski definition) is 0. The average Bonchev–Trinajstić information content (AvgIpc) is 3.10. The van der Waals surface area contributed by atoms with Crippen molar-refractivity contribution in [3.63, 3.8) is 0 Å². The van der Waals surface area contributed by atoms with Gasteiger partial charge in [-0.3, -0.25) is 0 Å². The third-order valence-electron chi connectivity index (χ3n) is 6.45. The number of halogens is 1. The Morgan fingerprint density at radius 1 is 1.06 bits per heavy atom. The van der Waals surface area contributed by atoms with Crippen LogP contribution in [0.4, 0.5) is 0 Å². The molecule has 0 aliphatic carbocycles. The van der Waals surface area contributed by atoms with Gasteiger partial charge in [0.2, 0.25) is 0 Å². The zero-order valence-electron chi connectivity index (χ0n) is 19.4. The Bertz CT molecular complexity index is 1120. The van der Waals surface area contributed by atoms with Crippen LogP contribution in [0.25, 0.3) is 11.0 Å². The van der Waals surface area contributed by atoms with E-state index in [1.807, 2.05) is 32.0 Å². The molecule has 0 amide bonds. The molecule has 4 rings (SSSR count). The van der Waals surface area contributed by atoms with Crippen LogP contribution in [0, 0.1) is 13.8 Å². The molecule has 0 spiro atoms. The van der Waals surface area contributed by atoms with Crippen LogP contribution in [-0.4, -0.2) is 34.5 Å². The van der Waals surface area contributed by atoms with Gasteiger partial charge in [-0.15, -0.1) is 0 Å². The van der Waals surface area contributed by atoms with Crippen LogP contribution in [0.1, 0.15) is 51.6 Å². The number of hydrogen-bond acceptors (Lipinski definition) is 4. The fourth-order valence-electron chi connectivity index (χ4n) is 3.93. The number of imidazole rings is 1. The highest BCUT2D eigenvalue weighted by Gasteiger charge is 2.51. The molecule has 0 atom stereocenters. The van der Waals surface area contributed by atoms with Crippen molar-refractivity contribution in [3.8, 4) is 5.75 Å². The summed E-state index contributed by atoms with van der Waals surface area (Å²) in [6, 6.07) is 10.1. The molecule has 5 nitrogen and oxygen atoms in total. The van der Waals surface area contributed by atoms with Crippen molar-refractivity contribution in [1.82, 2.24) is 9.55 Å². The monoisotopic (exact) mass is 440 g/mol. The normalized spacial score (nSPS) is 17.5. The predicted octanol–water partition coefficient (Wildman–Crippen LogP) is 5.05. The van der Waals surface area contributed by atoms with Crippen molar-refractivity contribution in [2.24, 2.45) is 0 Å². The van der Waals surface area contributed by atoms with E-state index >= 15 is 0 Å². The molecule has 2 heterocycles. The Labute approximate surface area is 189 Å². The first-order valence-corrected chi connectivity index (χ1v) is 11.1. The van der Waals surface area contributed by atoms with E-state index in [9.17, 15) is 0 Å². The van der Waals surface area contributed by atoms with E-state index in [0.29, 0.717) is 18.2 Å². The van der Waals surface area contributed by atoms with Crippen molar-refractivity contribution >= 4 is 35.2 Å². The molecular formula is C24H30BClN2O3. The zero-order chi connectivity index (χ0) is 22.6. The zero-order valence-corrected chi connectivity index (χ0v) is 20.1. The molecule has 7 heteroatoms. The van der Waals surface area contributed by atoms with Crippen LogP contribution in [0.3, 0.4) is 0 Å². The van der Waals surface area contributed by atoms with Gasteiger partial charge in [-0.1, -0.05) is 23.7 Å². The molecule has 164 valence electrons. The van der Waals surface area contributed by atoms with Gasteiger partial charge in [0.1, 0.15) is 11.6 Å². The van der Waals surface area contributed by atoms with Gasteiger partial charge in [-0.25, -0.2) is 4.98 Å². The maximum Gasteiger partial charge on any atom is 0.494 e. The van der Waals surface area contributed by atoms with E-state index < -0.39 is 7.12 Å².